The van der Waals surface area contributed by atoms with Crippen LogP contribution in [0.15, 0.2) is 4.52 Å². The highest BCUT2D eigenvalue weighted by atomic mass is 32.2. The van der Waals surface area contributed by atoms with Crippen molar-refractivity contribution in [2.75, 3.05) is 33.1 Å². The van der Waals surface area contributed by atoms with Gasteiger partial charge >= 0.3 is 0 Å². The van der Waals surface area contributed by atoms with E-state index in [1.165, 1.54) is 10.6 Å². The average molecular weight is 329 g/mol. The van der Waals surface area contributed by atoms with E-state index in [0.29, 0.717) is 43.8 Å². The Bertz CT molecular complexity index is 626. The fourth-order valence-electron chi connectivity index (χ4n) is 3.12. The number of sulfonamides is 1. The van der Waals surface area contributed by atoms with Gasteiger partial charge in [-0.15, -0.1) is 0 Å². The van der Waals surface area contributed by atoms with Gasteiger partial charge in [-0.2, -0.15) is 4.98 Å². The summed E-state index contributed by atoms with van der Waals surface area (Å²) in [7, 11) is -1.57. The third-order valence-electron chi connectivity index (χ3n) is 4.64. The summed E-state index contributed by atoms with van der Waals surface area (Å²) < 4.78 is 36.0. The predicted octanol–water partition coefficient (Wildman–Crippen LogP) is 1.28. The maximum atomic E-state index is 11.9. The number of hydrogen-bond acceptors (Lipinski definition) is 6. The van der Waals surface area contributed by atoms with Crippen LogP contribution in [0.1, 0.15) is 49.7 Å². The van der Waals surface area contributed by atoms with Gasteiger partial charge in [0.2, 0.25) is 15.9 Å². The first kappa shape index (κ1) is 15.9. The van der Waals surface area contributed by atoms with Gasteiger partial charge < -0.3 is 9.26 Å². The second kappa shape index (κ2) is 5.90. The van der Waals surface area contributed by atoms with Crippen LogP contribution in [0.2, 0.25) is 0 Å². The zero-order chi connectivity index (χ0) is 15.8. The van der Waals surface area contributed by atoms with Crippen molar-refractivity contribution < 1.29 is 17.7 Å². The van der Waals surface area contributed by atoms with Gasteiger partial charge in [0, 0.05) is 38.1 Å². The Labute approximate surface area is 131 Å². The predicted molar refractivity (Wildman–Crippen MR) is 80.1 cm³/mol. The molecule has 0 bridgehead atoms. The normalized spacial score (nSPS) is 27.2. The van der Waals surface area contributed by atoms with E-state index in [2.05, 4.69) is 10.1 Å². The second-order valence-electron chi connectivity index (χ2n) is 6.45. The summed E-state index contributed by atoms with van der Waals surface area (Å²) in [6.45, 7) is 1.50. The standard InChI is InChI=1S/C14H23N3O4S/c1-20-9-7-14(6-3-8-17(10-14)22(2,18)19)13-15-12(21-16-13)11-4-5-11/h11H,3-10H2,1-2H3. The first-order valence-electron chi connectivity index (χ1n) is 7.73. The van der Waals surface area contributed by atoms with Crippen molar-refractivity contribution in [3.63, 3.8) is 0 Å². The SMILES string of the molecule is COCCC1(c2noc(C3CC3)n2)CCCN(S(C)(=O)=O)C1. The molecule has 0 N–H and O–H groups in total. The van der Waals surface area contributed by atoms with Gasteiger partial charge in [-0.1, -0.05) is 5.16 Å². The molecule has 1 aliphatic carbocycles. The Morgan fingerprint density at radius 3 is 2.86 bits per heavy atom. The van der Waals surface area contributed by atoms with Gasteiger partial charge in [0.05, 0.1) is 6.26 Å². The van der Waals surface area contributed by atoms with Crippen LogP contribution >= 0.6 is 0 Å². The molecule has 2 fully saturated rings. The first-order valence-corrected chi connectivity index (χ1v) is 9.58. The number of ether oxygens (including phenoxy) is 1. The molecule has 2 aliphatic rings. The van der Waals surface area contributed by atoms with Crippen molar-refractivity contribution in [1.82, 2.24) is 14.4 Å². The zero-order valence-corrected chi connectivity index (χ0v) is 13.9. The molecular weight excluding hydrogens is 306 g/mol. The Balaban J connectivity index is 1.89. The van der Waals surface area contributed by atoms with E-state index in [1.807, 2.05) is 0 Å². The molecule has 1 saturated heterocycles. The van der Waals surface area contributed by atoms with Gasteiger partial charge in [0.1, 0.15) is 0 Å². The molecule has 1 aliphatic heterocycles. The lowest BCUT2D eigenvalue weighted by Gasteiger charge is -2.39. The second-order valence-corrected chi connectivity index (χ2v) is 8.44. The molecule has 3 rings (SSSR count). The number of methoxy groups -OCH3 is 1. The molecule has 7 nitrogen and oxygen atoms in total. The minimum atomic E-state index is -3.22. The minimum Gasteiger partial charge on any atom is -0.385 e. The van der Waals surface area contributed by atoms with E-state index in [4.69, 9.17) is 9.26 Å². The van der Waals surface area contributed by atoms with Crippen LogP contribution in [0.5, 0.6) is 0 Å². The summed E-state index contributed by atoms with van der Waals surface area (Å²) in [5, 5.41) is 4.18. The van der Waals surface area contributed by atoms with E-state index in [9.17, 15) is 8.42 Å². The summed E-state index contributed by atoms with van der Waals surface area (Å²) in [6, 6.07) is 0. The van der Waals surface area contributed by atoms with Crippen LogP contribution in [0.25, 0.3) is 0 Å². The summed E-state index contributed by atoms with van der Waals surface area (Å²) in [4.78, 5) is 4.58. The van der Waals surface area contributed by atoms with Gasteiger partial charge in [-0.25, -0.2) is 12.7 Å². The van der Waals surface area contributed by atoms with E-state index in [-0.39, 0.29) is 0 Å². The summed E-state index contributed by atoms with van der Waals surface area (Å²) in [6.07, 6.45) is 5.80. The van der Waals surface area contributed by atoms with Crippen LogP contribution in [0, 0.1) is 0 Å². The molecule has 0 amide bonds. The van der Waals surface area contributed by atoms with Crippen LogP contribution in [-0.2, 0) is 20.2 Å². The fraction of sp³-hybridized carbons (Fsp3) is 0.857. The van der Waals surface area contributed by atoms with E-state index in [0.717, 1.165) is 25.7 Å². The fourth-order valence-corrected chi connectivity index (χ4v) is 4.06. The topological polar surface area (TPSA) is 85.5 Å². The van der Waals surface area contributed by atoms with Crippen LogP contribution in [0.3, 0.4) is 0 Å². The largest absolute Gasteiger partial charge is 0.385 e. The molecule has 1 atom stereocenters. The molecule has 124 valence electrons. The number of piperidine rings is 1. The highest BCUT2D eigenvalue weighted by Gasteiger charge is 2.44. The Morgan fingerprint density at radius 1 is 1.45 bits per heavy atom. The van der Waals surface area contributed by atoms with E-state index in [1.54, 1.807) is 7.11 Å². The third kappa shape index (κ3) is 3.18. The molecule has 8 heteroatoms. The monoisotopic (exact) mass is 329 g/mol. The smallest absolute Gasteiger partial charge is 0.229 e. The quantitative estimate of drug-likeness (QED) is 0.781. The molecule has 0 radical (unpaired) electrons. The summed E-state index contributed by atoms with van der Waals surface area (Å²) >= 11 is 0. The van der Waals surface area contributed by atoms with Crippen molar-refractivity contribution in [2.45, 2.75) is 43.4 Å². The van der Waals surface area contributed by atoms with E-state index >= 15 is 0 Å². The average Bonchev–Trinajstić information content (AvgIpc) is 3.21. The van der Waals surface area contributed by atoms with Crippen molar-refractivity contribution in [2.24, 2.45) is 0 Å². The molecule has 1 unspecified atom stereocenters. The molecular formula is C14H23N3O4S. The first-order chi connectivity index (χ1) is 10.4. The number of rotatable bonds is 6. The highest BCUT2D eigenvalue weighted by molar-refractivity contribution is 7.88. The number of aromatic nitrogens is 2. The van der Waals surface area contributed by atoms with Crippen LogP contribution < -0.4 is 0 Å². The lowest BCUT2D eigenvalue weighted by Crippen LogP contribution is -2.49. The number of hydrogen-bond donors (Lipinski definition) is 0. The summed E-state index contributed by atoms with van der Waals surface area (Å²) in [5.74, 6) is 1.73. The van der Waals surface area contributed by atoms with Crippen molar-refractivity contribution in [1.29, 1.82) is 0 Å². The van der Waals surface area contributed by atoms with Gasteiger partial charge in [-0.3, -0.25) is 0 Å². The Kier molecular flexibility index (Phi) is 4.26. The third-order valence-corrected chi connectivity index (χ3v) is 5.89. The van der Waals surface area contributed by atoms with E-state index < -0.39 is 15.4 Å². The lowest BCUT2D eigenvalue weighted by molar-refractivity contribution is 0.128. The van der Waals surface area contributed by atoms with Gasteiger partial charge in [-0.05, 0) is 32.1 Å². The van der Waals surface area contributed by atoms with Crippen LogP contribution in [0.4, 0.5) is 0 Å². The number of nitrogens with zero attached hydrogens (tertiary/aromatic N) is 3. The molecule has 2 heterocycles. The van der Waals surface area contributed by atoms with Crippen molar-refractivity contribution >= 4 is 10.0 Å². The Hall–Kier alpha value is -0.990. The van der Waals surface area contributed by atoms with Gasteiger partial charge in [0.25, 0.3) is 0 Å². The molecule has 1 aromatic heterocycles. The summed E-state index contributed by atoms with van der Waals surface area (Å²) in [5.41, 5.74) is -0.409. The highest BCUT2D eigenvalue weighted by Crippen LogP contribution is 2.41. The molecule has 1 saturated carbocycles. The minimum absolute atomic E-state index is 0.398. The van der Waals surface area contributed by atoms with Crippen molar-refractivity contribution in [3.8, 4) is 0 Å². The van der Waals surface area contributed by atoms with Crippen molar-refractivity contribution in [3.05, 3.63) is 11.7 Å². The Morgan fingerprint density at radius 2 is 2.23 bits per heavy atom. The maximum absolute atomic E-state index is 11.9. The van der Waals surface area contributed by atoms with Crippen LogP contribution in [-0.4, -0.2) is 55.9 Å². The molecule has 0 spiro atoms. The molecule has 1 aromatic rings. The lowest BCUT2D eigenvalue weighted by atomic mass is 9.77. The molecule has 0 aromatic carbocycles. The zero-order valence-electron chi connectivity index (χ0n) is 13.1. The molecule has 22 heavy (non-hydrogen) atoms. The van der Waals surface area contributed by atoms with Gasteiger partial charge in [0.15, 0.2) is 5.82 Å². The maximum Gasteiger partial charge on any atom is 0.229 e.